The van der Waals surface area contributed by atoms with Crippen LogP contribution in [0.3, 0.4) is 0 Å². The minimum atomic E-state index is -0.689. The molecule has 3 saturated carbocycles. The number of aliphatic hydroxyl groups excluding tert-OH is 1. The topological polar surface area (TPSA) is 110 Å². The maximum absolute atomic E-state index is 16.2. The first-order valence-corrected chi connectivity index (χ1v) is 19.6. The molecule has 0 amide bonds. The molecule has 9 rings (SSSR count). The van der Waals surface area contributed by atoms with Crippen LogP contribution in [0.4, 0.5) is 4.39 Å². The fraction of sp³-hybridized carbons (Fsp3) is 0.409. The number of likely N-dealkylation sites (tertiary alicyclic amines) is 1. The number of hydrogen-bond donors (Lipinski definition) is 2. The van der Waals surface area contributed by atoms with Gasteiger partial charge in [-0.3, -0.25) is 14.6 Å². The van der Waals surface area contributed by atoms with Gasteiger partial charge in [0.25, 0.3) is 0 Å². The summed E-state index contributed by atoms with van der Waals surface area (Å²) < 4.78 is 35.6. The predicted molar refractivity (Wildman–Crippen MR) is 214 cm³/mol. The van der Waals surface area contributed by atoms with E-state index in [9.17, 15) is 15.0 Å². The average Bonchev–Trinajstić information content (AvgIpc) is 3.85. The molecule has 2 N–H and O–H groups in total. The van der Waals surface area contributed by atoms with E-state index >= 15 is 4.39 Å². The molecule has 10 nitrogen and oxygen atoms in total. The van der Waals surface area contributed by atoms with Crippen LogP contribution in [-0.2, 0) is 17.9 Å². The van der Waals surface area contributed by atoms with Crippen molar-refractivity contribution in [1.82, 2.24) is 19.6 Å². The van der Waals surface area contributed by atoms with Crippen LogP contribution in [0.5, 0.6) is 17.2 Å². The molecule has 1 atom stereocenters. The van der Waals surface area contributed by atoms with Crippen LogP contribution < -0.4 is 14.2 Å². The number of β-amino-alcohol motifs (C(OH)–C–C–N with tert-alkyl or cyclic N) is 1. The van der Waals surface area contributed by atoms with Gasteiger partial charge in [0.1, 0.15) is 23.1 Å². The molecule has 12 heteroatoms. The lowest BCUT2D eigenvalue weighted by Crippen LogP contribution is -2.57. The second kappa shape index (κ2) is 15.0. The molecule has 3 aliphatic carbocycles. The molecule has 294 valence electrons. The number of methoxy groups -OCH3 is 3. The Morgan fingerprint density at radius 3 is 2.16 bits per heavy atom. The largest absolute Gasteiger partial charge is 0.496 e. The normalized spacial score (nSPS) is 22.2. The molecular formula is C44H48ClFN4O6. The second-order valence-corrected chi connectivity index (χ2v) is 16.2. The molecule has 5 aromatic rings. The zero-order valence-electron chi connectivity index (χ0n) is 32.3. The second-order valence-electron chi connectivity index (χ2n) is 15.8. The number of rotatable bonds is 12. The van der Waals surface area contributed by atoms with Crippen molar-refractivity contribution in [1.29, 1.82) is 0 Å². The fourth-order valence-corrected chi connectivity index (χ4v) is 9.79. The Hall–Kier alpha value is -4.68. The van der Waals surface area contributed by atoms with E-state index in [1.165, 1.54) is 6.07 Å². The maximum atomic E-state index is 16.2. The molecular weight excluding hydrogens is 735 g/mol. The van der Waals surface area contributed by atoms with Gasteiger partial charge in [-0.05, 0) is 81.3 Å². The first-order chi connectivity index (χ1) is 27.0. The van der Waals surface area contributed by atoms with Gasteiger partial charge in [0.05, 0.1) is 60.8 Å². The molecule has 2 heterocycles. The Kier molecular flexibility index (Phi) is 10.2. The third-order valence-corrected chi connectivity index (χ3v) is 13.3. The lowest BCUT2D eigenvalue weighted by molar-refractivity contribution is -0.160. The summed E-state index contributed by atoms with van der Waals surface area (Å²) in [7, 11) is 6.85. The van der Waals surface area contributed by atoms with Crippen molar-refractivity contribution in [3.63, 3.8) is 0 Å². The van der Waals surface area contributed by atoms with E-state index in [4.69, 9.17) is 30.9 Å². The number of fused-ring (bicyclic) bond motifs is 4. The lowest BCUT2D eigenvalue weighted by atomic mass is 9.57. The van der Waals surface area contributed by atoms with Gasteiger partial charge in [-0.15, -0.1) is 0 Å². The molecule has 4 aliphatic rings. The van der Waals surface area contributed by atoms with E-state index in [1.807, 2.05) is 72.5 Å². The van der Waals surface area contributed by atoms with Gasteiger partial charge in [-0.25, -0.2) is 9.07 Å². The average molecular weight is 783 g/mol. The molecule has 56 heavy (non-hydrogen) atoms. The van der Waals surface area contributed by atoms with Crippen LogP contribution >= 0.6 is 11.6 Å². The molecule has 4 fully saturated rings. The SMILES string of the molecule is COc1cc(-c2cccc(-c3cccc4c3cnn4-c3cc(OC)c(CN4CC[C@H](O)C4)c(OC)c3)c2Cl)cc(F)c1CN(C)C12CCC(C(=O)O)(CC1)CC2. The number of aliphatic carboxylic acids is 1. The molecule has 1 aromatic heterocycles. The highest BCUT2D eigenvalue weighted by atomic mass is 35.5. The van der Waals surface area contributed by atoms with Crippen LogP contribution in [0.2, 0.25) is 5.02 Å². The van der Waals surface area contributed by atoms with E-state index in [0.717, 1.165) is 65.5 Å². The first kappa shape index (κ1) is 38.2. The molecule has 0 unspecified atom stereocenters. The van der Waals surface area contributed by atoms with Crippen molar-refractivity contribution in [3.8, 4) is 45.2 Å². The minimum absolute atomic E-state index is 0.153. The van der Waals surface area contributed by atoms with Gasteiger partial charge in [-0.1, -0.05) is 41.9 Å². The van der Waals surface area contributed by atoms with Crippen molar-refractivity contribution in [2.45, 2.75) is 69.7 Å². The van der Waals surface area contributed by atoms with Gasteiger partial charge in [0.15, 0.2) is 0 Å². The van der Waals surface area contributed by atoms with E-state index < -0.39 is 11.4 Å². The molecule has 4 aromatic carbocycles. The summed E-state index contributed by atoms with van der Waals surface area (Å²) in [5, 5.41) is 26.1. The monoisotopic (exact) mass is 782 g/mol. The highest BCUT2D eigenvalue weighted by molar-refractivity contribution is 6.36. The third kappa shape index (κ3) is 6.58. The number of aliphatic hydroxyl groups is 1. The highest BCUT2D eigenvalue weighted by Crippen LogP contribution is 2.55. The van der Waals surface area contributed by atoms with Crippen LogP contribution in [0.25, 0.3) is 38.8 Å². The zero-order valence-corrected chi connectivity index (χ0v) is 33.0. The number of benzene rings is 4. The lowest BCUT2D eigenvalue weighted by Gasteiger charge is -2.55. The smallest absolute Gasteiger partial charge is 0.309 e. The standard InChI is InChI=1S/C44H48ClFN4O6/c1-48(44-15-12-43(13-16-44,14-17-44)42(52)53)25-34-36(46)19-27(20-38(34)54-2)30-7-5-9-32(41(30)45)31-8-6-10-37-33(31)23-47-50(37)28-21-39(55-3)35(40(22-28)56-4)26-49-18-11-29(51)24-49/h5-10,19-23,29,51H,11-18,24-26H2,1-4H3,(H,52,53)/t29-,43?,44?/m0/s1. The maximum Gasteiger partial charge on any atom is 0.309 e. The molecule has 0 radical (unpaired) electrons. The summed E-state index contributed by atoms with van der Waals surface area (Å²) >= 11 is 7.23. The zero-order chi connectivity index (χ0) is 39.4. The van der Waals surface area contributed by atoms with Gasteiger partial charge in [-0.2, -0.15) is 5.10 Å². The summed E-state index contributed by atoms with van der Waals surface area (Å²) in [6.45, 7) is 2.35. The fourth-order valence-electron chi connectivity index (χ4n) is 9.45. The Balaban J connectivity index is 1.09. The van der Waals surface area contributed by atoms with Crippen molar-refractivity contribution >= 4 is 28.5 Å². The first-order valence-electron chi connectivity index (χ1n) is 19.2. The van der Waals surface area contributed by atoms with Crippen LogP contribution in [0, 0.1) is 11.2 Å². The van der Waals surface area contributed by atoms with E-state index in [-0.39, 0.29) is 17.5 Å². The number of aromatic nitrogens is 2. The van der Waals surface area contributed by atoms with Crippen molar-refractivity contribution < 1.29 is 33.6 Å². The Bertz CT molecular complexity index is 2260. The number of carbonyl (C=O) groups is 1. The van der Waals surface area contributed by atoms with Gasteiger partial charge in [0, 0.05) is 65.9 Å². The van der Waals surface area contributed by atoms with Gasteiger partial charge < -0.3 is 24.4 Å². The van der Waals surface area contributed by atoms with Gasteiger partial charge >= 0.3 is 5.97 Å². The molecule has 2 bridgehead atoms. The predicted octanol–water partition coefficient (Wildman–Crippen LogP) is 8.35. The van der Waals surface area contributed by atoms with Gasteiger partial charge in [0.2, 0.25) is 0 Å². The molecule has 0 spiro atoms. The highest BCUT2D eigenvalue weighted by Gasteiger charge is 2.54. The van der Waals surface area contributed by atoms with Crippen molar-refractivity contribution in [2.24, 2.45) is 5.41 Å². The van der Waals surface area contributed by atoms with Crippen molar-refractivity contribution in [2.75, 3.05) is 41.5 Å². The van der Waals surface area contributed by atoms with E-state index in [2.05, 4.69) is 9.80 Å². The summed E-state index contributed by atoms with van der Waals surface area (Å²) in [6, 6.07) is 19.0. The number of ether oxygens (including phenoxy) is 3. The van der Waals surface area contributed by atoms with Crippen LogP contribution in [0.1, 0.15) is 56.1 Å². The van der Waals surface area contributed by atoms with Crippen molar-refractivity contribution in [3.05, 3.63) is 88.8 Å². The Morgan fingerprint density at radius 2 is 1.54 bits per heavy atom. The molecule has 1 aliphatic heterocycles. The molecule has 1 saturated heterocycles. The number of nitrogens with zero attached hydrogens (tertiary/aromatic N) is 4. The Labute approximate surface area is 331 Å². The van der Waals surface area contributed by atoms with Crippen LogP contribution in [0.15, 0.2) is 66.9 Å². The number of hydrogen-bond acceptors (Lipinski definition) is 8. The number of carboxylic acid groups (broad SMARTS) is 1. The van der Waals surface area contributed by atoms with E-state index in [0.29, 0.717) is 77.9 Å². The van der Waals surface area contributed by atoms with E-state index in [1.54, 1.807) is 21.3 Å². The minimum Gasteiger partial charge on any atom is -0.496 e. The Morgan fingerprint density at radius 1 is 0.911 bits per heavy atom. The summed E-state index contributed by atoms with van der Waals surface area (Å²) in [4.78, 5) is 16.4. The summed E-state index contributed by atoms with van der Waals surface area (Å²) in [6.07, 6.45) is 6.54. The summed E-state index contributed by atoms with van der Waals surface area (Å²) in [5.41, 5.74) is 5.16. The third-order valence-electron chi connectivity index (χ3n) is 12.9. The van der Waals surface area contributed by atoms with Crippen LogP contribution in [-0.4, -0.2) is 88.9 Å². The quantitative estimate of drug-likeness (QED) is 0.129. The number of halogens is 2. The number of carboxylic acids is 1. The summed E-state index contributed by atoms with van der Waals surface area (Å²) in [5.74, 6) is 0.714.